The van der Waals surface area contributed by atoms with Crippen LogP contribution in [-0.2, 0) is 6.54 Å². The summed E-state index contributed by atoms with van der Waals surface area (Å²) in [6, 6.07) is 19.5. The second-order valence-electron chi connectivity index (χ2n) is 9.94. The first-order chi connectivity index (χ1) is 20.5. The lowest BCUT2D eigenvalue weighted by atomic mass is 10.1. The Balaban J connectivity index is 1.59. The Bertz CT molecular complexity index is 1680. The number of nitrogens with one attached hydrogen (secondary N) is 3. The normalized spacial score (nSPS) is 11.0. The molecule has 0 atom stereocenters. The van der Waals surface area contributed by atoms with Gasteiger partial charge in [0.25, 0.3) is 5.91 Å². The zero-order chi connectivity index (χ0) is 31.1. The van der Waals surface area contributed by atoms with Crippen molar-refractivity contribution in [1.29, 1.82) is 0 Å². The second kappa shape index (κ2) is 13.3. The highest BCUT2D eigenvalue weighted by molar-refractivity contribution is 5.96. The molecule has 0 aliphatic heterocycles. The van der Waals surface area contributed by atoms with Crippen molar-refractivity contribution in [2.75, 3.05) is 44.9 Å². The maximum atomic E-state index is 13.6. The monoisotopic (exact) mass is 589 g/mol. The van der Waals surface area contributed by atoms with Crippen LogP contribution in [0.25, 0.3) is 16.6 Å². The van der Waals surface area contributed by atoms with E-state index in [1.54, 1.807) is 36.4 Å². The lowest BCUT2D eigenvalue weighted by Crippen LogP contribution is -2.22. The maximum Gasteiger partial charge on any atom is 0.406 e. The number of fused-ring (bicyclic) bond motifs is 1. The number of hydrogen-bond acceptors (Lipinski definition) is 5. The van der Waals surface area contributed by atoms with Crippen molar-refractivity contribution in [2.45, 2.75) is 19.6 Å². The fraction of sp³-hybridized carbons (Fsp3) is 0.242. The number of amides is 1. The molecule has 1 heterocycles. The number of halogens is 3. The predicted molar refractivity (Wildman–Crippen MR) is 167 cm³/mol. The lowest BCUT2D eigenvalue weighted by molar-refractivity contribution is -0.140. The summed E-state index contributed by atoms with van der Waals surface area (Å²) in [6.45, 7) is 5.36. The largest absolute Gasteiger partial charge is 0.495 e. The van der Waals surface area contributed by atoms with Crippen LogP contribution in [0, 0.1) is 11.8 Å². The number of nitrogens with zero attached hydrogens (tertiary/aromatic N) is 2. The highest BCUT2D eigenvalue weighted by Crippen LogP contribution is 2.32. The third-order valence-corrected chi connectivity index (χ3v) is 6.70. The van der Waals surface area contributed by atoms with E-state index in [4.69, 9.17) is 4.74 Å². The lowest BCUT2D eigenvalue weighted by Gasteiger charge is -2.16. The van der Waals surface area contributed by atoms with Crippen LogP contribution in [0.5, 0.6) is 5.75 Å². The van der Waals surface area contributed by atoms with Crippen LogP contribution < -0.4 is 20.7 Å². The second-order valence-corrected chi connectivity index (χ2v) is 9.94. The number of methoxy groups -OCH3 is 1. The Labute approximate surface area is 249 Å². The minimum absolute atomic E-state index is 0.139. The quantitative estimate of drug-likeness (QED) is 0.180. The summed E-state index contributed by atoms with van der Waals surface area (Å²) in [5.74, 6) is 6.06. The van der Waals surface area contributed by atoms with Gasteiger partial charge < -0.3 is 30.2 Å². The Morgan fingerprint density at radius 3 is 2.40 bits per heavy atom. The van der Waals surface area contributed by atoms with E-state index in [0.717, 1.165) is 16.9 Å². The van der Waals surface area contributed by atoms with Crippen molar-refractivity contribution < 1.29 is 22.7 Å². The molecule has 0 unspecified atom stereocenters. The molecule has 0 saturated heterocycles. The van der Waals surface area contributed by atoms with Crippen LogP contribution in [-0.4, -0.2) is 55.8 Å². The fourth-order valence-corrected chi connectivity index (χ4v) is 4.52. The summed E-state index contributed by atoms with van der Waals surface area (Å²) in [4.78, 5) is 14.1. The van der Waals surface area contributed by atoms with Gasteiger partial charge in [-0.15, -0.1) is 0 Å². The van der Waals surface area contributed by atoms with E-state index in [1.807, 2.05) is 56.3 Å². The van der Waals surface area contributed by atoms with Gasteiger partial charge >= 0.3 is 6.18 Å². The molecule has 0 aliphatic rings. The molecule has 0 radical (unpaired) electrons. The molecule has 4 aromatic rings. The van der Waals surface area contributed by atoms with Gasteiger partial charge in [-0.25, -0.2) is 0 Å². The first-order valence-corrected chi connectivity index (χ1v) is 13.6. The van der Waals surface area contributed by atoms with Gasteiger partial charge in [0, 0.05) is 48.7 Å². The van der Waals surface area contributed by atoms with Crippen molar-refractivity contribution in [3.63, 3.8) is 0 Å². The van der Waals surface area contributed by atoms with E-state index >= 15 is 0 Å². The minimum atomic E-state index is -4.44. The first-order valence-electron chi connectivity index (χ1n) is 13.6. The molecule has 0 spiro atoms. The topological polar surface area (TPSA) is 70.6 Å². The number of aromatic nitrogens is 1. The van der Waals surface area contributed by atoms with E-state index < -0.39 is 12.7 Å². The number of rotatable bonds is 10. The van der Waals surface area contributed by atoms with Crippen LogP contribution in [0.1, 0.15) is 28.5 Å². The number of carbonyl (C=O) groups excluding carboxylic acids is 1. The van der Waals surface area contributed by atoms with Gasteiger partial charge in [-0.1, -0.05) is 30.7 Å². The SMILES string of the molecule is C=C(c1ccc(Nc2cccc3c2cc(C#CCNc2ccc(C(=O)NCC)cc2OC)n3CC(F)(F)F)cc1)N(C)C. The summed E-state index contributed by atoms with van der Waals surface area (Å²) in [7, 11) is 5.33. The summed E-state index contributed by atoms with van der Waals surface area (Å²) in [5.41, 5.74) is 4.99. The van der Waals surface area contributed by atoms with Crippen LogP contribution in [0.3, 0.4) is 0 Å². The van der Waals surface area contributed by atoms with E-state index in [0.29, 0.717) is 40.1 Å². The average molecular weight is 590 g/mol. The highest BCUT2D eigenvalue weighted by atomic mass is 19.4. The third-order valence-electron chi connectivity index (χ3n) is 6.70. The maximum absolute atomic E-state index is 13.6. The van der Waals surface area contributed by atoms with Gasteiger partial charge in [0.15, 0.2) is 0 Å². The zero-order valence-corrected chi connectivity index (χ0v) is 24.5. The van der Waals surface area contributed by atoms with Gasteiger partial charge in [0.2, 0.25) is 0 Å². The van der Waals surface area contributed by atoms with Gasteiger partial charge in [0.1, 0.15) is 12.3 Å². The van der Waals surface area contributed by atoms with E-state index in [9.17, 15) is 18.0 Å². The Morgan fingerprint density at radius 1 is 1.02 bits per heavy atom. The molecule has 7 nitrogen and oxygen atoms in total. The molecule has 3 aromatic carbocycles. The zero-order valence-electron chi connectivity index (χ0n) is 24.5. The summed E-state index contributed by atoms with van der Waals surface area (Å²) >= 11 is 0. The Kier molecular flexibility index (Phi) is 9.56. The average Bonchev–Trinajstić information content (AvgIpc) is 3.31. The summed E-state index contributed by atoms with van der Waals surface area (Å²) < 4.78 is 47.4. The van der Waals surface area contributed by atoms with E-state index in [-0.39, 0.29) is 18.1 Å². The first kappa shape index (κ1) is 30.9. The molecule has 0 fully saturated rings. The third kappa shape index (κ3) is 7.63. The standard InChI is InChI=1S/C33H34F3N5O2/c1-6-37-32(42)24-14-17-29(31(19-24)43-5)38-18-8-9-26-20-27-28(10-7-11-30(27)41(26)21-33(34,35)36)39-25-15-12-23(13-16-25)22(2)40(3)4/h7,10-17,19-20,38-39H,2,6,18,21H2,1,3-5H3,(H,37,42). The van der Waals surface area contributed by atoms with Crippen LogP contribution in [0.4, 0.5) is 30.2 Å². The molecule has 0 bridgehead atoms. The van der Waals surface area contributed by atoms with Crippen LogP contribution in [0.2, 0.25) is 0 Å². The number of ether oxygens (including phenoxy) is 1. The molecule has 224 valence electrons. The number of alkyl halides is 3. The number of hydrogen-bond donors (Lipinski definition) is 3. The van der Waals surface area contributed by atoms with Gasteiger partial charge in [-0.05, 0) is 66.9 Å². The van der Waals surface area contributed by atoms with Crippen molar-refractivity contribution in [2.24, 2.45) is 0 Å². The van der Waals surface area contributed by atoms with Crippen LogP contribution in [0.15, 0.2) is 73.3 Å². The minimum Gasteiger partial charge on any atom is -0.495 e. The van der Waals surface area contributed by atoms with Crippen LogP contribution >= 0.6 is 0 Å². The number of carbonyl (C=O) groups is 1. The molecule has 10 heteroatoms. The summed E-state index contributed by atoms with van der Waals surface area (Å²) in [6.07, 6.45) is -4.44. The Hall–Kier alpha value is -5.04. The highest BCUT2D eigenvalue weighted by Gasteiger charge is 2.30. The molecule has 1 aromatic heterocycles. The Morgan fingerprint density at radius 2 is 1.74 bits per heavy atom. The summed E-state index contributed by atoms with van der Waals surface area (Å²) in [5, 5.41) is 9.79. The smallest absolute Gasteiger partial charge is 0.406 e. The van der Waals surface area contributed by atoms with Gasteiger partial charge in [-0.3, -0.25) is 4.79 Å². The molecule has 3 N–H and O–H groups in total. The fourth-order valence-electron chi connectivity index (χ4n) is 4.52. The van der Waals surface area contributed by atoms with Crippen molar-refractivity contribution in [3.05, 3.63) is 90.1 Å². The van der Waals surface area contributed by atoms with Crippen molar-refractivity contribution in [1.82, 2.24) is 14.8 Å². The molecule has 0 aliphatic carbocycles. The van der Waals surface area contributed by atoms with E-state index in [1.165, 1.54) is 11.7 Å². The van der Waals surface area contributed by atoms with Crippen molar-refractivity contribution >= 4 is 39.6 Å². The van der Waals surface area contributed by atoms with E-state index in [2.05, 4.69) is 34.4 Å². The molecule has 0 saturated carbocycles. The van der Waals surface area contributed by atoms with Gasteiger partial charge in [-0.2, -0.15) is 13.2 Å². The number of anilines is 3. The predicted octanol–water partition coefficient (Wildman–Crippen LogP) is 6.70. The molecule has 4 rings (SSSR count). The number of benzene rings is 3. The van der Waals surface area contributed by atoms with Crippen molar-refractivity contribution in [3.8, 4) is 17.6 Å². The molecular formula is C33H34F3N5O2. The molecule has 43 heavy (non-hydrogen) atoms. The van der Waals surface area contributed by atoms with Gasteiger partial charge in [0.05, 0.1) is 30.6 Å². The molecular weight excluding hydrogens is 555 g/mol. The molecule has 1 amide bonds.